The van der Waals surface area contributed by atoms with Crippen molar-refractivity contribution in [1.82, 2.24) is 5.32 Å². The maximum Gasteiger partial charge on any atom is 0.127 e. The van der Waals surface area contributed by atoms with Crippen LogP contribution in [0.1, 0.15) is 36.3 Å². The molecular weight excluding hydrogens is 366 g/mol. The number of piperidine rings is 1. The Balaban J connectivity index is 1.53. The van der Waals surface area contributed by atoms with Crippen molar-refractivity contribution in [3.8, 4) is 21.9 Å². The molecule has 1 atom stereocenters. The van der Waals surface area contributed by atoms with Gasteiger partial charge in [-0.3, -0.25) is 0 Å². The van der Waals surface area contributed by atoms with Crippen LogP contribution in [0.2, 0.25) is 0 Å². The summed E-state index contributed by atoms with van der Waals surface area (Å²) < 4.78 is 12.1. The Labute approximate surface area is 170 Å². The van der Waals surface area contributed by atoms with Gasteiger partial charge in [0.2, 0.25) is 0 Å². The van der Waals surface area contributed by atoms with Crippen molar-refractivity contribution >= 4 is 11.3 Å². The molecule has 144 valence electrons. The molecule has 0 radical (unpaired) electrons. The standard InChI is InChI=1S/C24H25NO2S/c1-26-19-8-9-20-21(16-24(27-22(20)15-19)10-12-25-13-11-24)17-4-6-18(7-5-17)23-3-2-14-28-23/h2-9,14-15,21,25H,10-13,16H2,1H3. The van der Waals surface area contributed by atoms with Gasteiger partial charge in [0, 0.05) is 22.4 Å². The van der Waals surface area contributed by atoms with Gasteiger partial charge in [-0.25, -0.2) is 0 Å². The highest BCUT2D eigenvalue weighted by Crippen LogP contribution is 2.48. The average molecular weight is 392 g/mol. The molecule has 5 rings (SSSR count). The van der Waals surface area contributed by atoms with Gasteiger partial charge in [0.15, 0.2) is 0 Å². The predicted octanol–water partition coefficient (Wildman–Crippen LogP) is 5.46. The van der Waals surface area contributed by atoms with E-state index in [0.717, 1.165) is 43.9 Å². The Morgan fingerprint density at radius 2 is 1.89 bits per heavy atom. The third-order valence-electron chi connectivity index (χ3n) is 6.13. The van der Waals surface area contributed by atoms with Gasteiger partial charge in [0.25, 0.3) is 0 Å². The van der Waals surface area contributed by atoms with Gasteiger partial charge in [-0.1, -0.05) is 36.4 Å². The number of thiophene rings is 1. The van der Waals surface area contributed by atoms with E-state index in [9.17, 15) is 0 Å². The fourth-order valence-corrected chi connectivity index (χ4v) is 5.32. The summed E-state index contributed by atoms with van der Waals surface area (Å²) in [7, 11) is 1.71. The maximum atomic E-state index is 6.62. The summed E-state index contributed by atoms with van der Waals surface area (Å²) in [6.45, 7) is 2.03. The first-order chi connectivity index (χ1) is 13.8. The normalized spacial score (nSPS) is 20.4. The Morgan fingerprint density at radius 3 is 2.61 bits per heavy atom. The number of rotatable bonds is 3. The van der Waals surface area contributed by atoms with Gasteiger partial charge >= 0.3 is 0 Å². The summed E-state index contributed by atoms with van der Waals surface area (Å²) in [6, 6.07) is 19.7. The predicted molar refractivity (Wildman–Crippen MR) is 115 cm³/mol. The Hall–Kier alpha value is -2.30. The van der Waals surface area contributed by atoms with E-state index in [2.05, 4.69) is 65.3 Å². The van der Waals surface area contributed by atoms with E-state index in [1.807, 2.05) is 0 Å². The van der Waals surface area contributed by atoms with Crippen LogP contribution in [0, 0.1) is 0 Å². The first kappa shape index (κ1) is 17.8. The van der Waals surface area contributed by atoms with E-state index in [1.54, 1.807) is 18.4 Å². The molecular formula is C24H25NO2S. The van der Waals surface area contributed by atoms with Crippen molar-refractivity contribution < 1.29 is 9.47 Å². The lowest BCUT2D eigenvalue weighted by Gasteiger charge is -2.45. The molecule has 1 N–H and O–H groups in total. The summed E-state index contributed by atoms with van der Waals surface area (Å²) in [4.78, 5) is 1.32. The van der Waals surface area contributed by atoms with Crippen LogP contribution in [0.5, 0.6) is 11.5 Å². The molecule has 0 amide bonds. The molecule has 0 aliphatic carbocycles. The van der Waals surface area contributed by atoms with Gasteiger partial charge in [-0.05, 0) is 61.0 Å². The van der Waals surface area contributed by atoms with Crippen molar-refractivity contribution in [2.45, 2.75) is 30.8 Å². The van der Waals surface area contributed by atoms with Crippen LogP contribution in [0.4, 0.5) is 0 Å². The molecule has 2 aromatic carbocycles. The highest BCUT2D eigenvalue weighted by Gasteiger charge is 2.42. The molecule has 28 heavy (non-hydrogen) atoms. The first-order valence-corrected chi connectivity index (χ1v) is 10.9. The monoisotopic (exact) mass is 391 g/mol. The van der Waals surface area contributed by atoms with Gasteiger partial charge in [0.05, 0.1) is 7.11 Å². The molecule has 3 aromatic rings. The van der Waals surface area contributed by atoms with Crippen LogP contribution in [0.3, 0.4) is 0 Å². The van der Waals surface area contributed by atoms with E-state index in [1.165, 1.54) is 21.6 Å². The van der Waals surface area contributed by atoms with E-state index in [4.69, 9.17) is 9.47 Å². The third kappa shape index (κ3) is 3.21. The lowest BCUT2D eigenvalue weighted by atomic mass is 9.75. The molecule has 0 bridgehead atoms. The van der Waals surface area contributed by atoms with E-state index < -0.39 is 0 Å². The van der Waals surface area contributed by atoms with Crippen molar-refractivity contribution in [2.24, 2.45) is 0 Å². The van der Waals surface area contributed by atoms with Crippen LogP contribution >= 0.6 is 11.3 Å². The molecule has 0 saturated carbocycles. The minimum Gasteiger partial charge on any atom is -0.497 e. The summed E-state index contributed by atoms with van der Waals surface area (Å²) in [5, 5.41) is 5.61. The zero-order valence-electron chi connectivity index (χ0n) is 16.1. The summed E-state index contributed by atoms with van der Waals surface area (Å²) >= 11 is 1.79. The molecule has 1 unspecified atom stereocenters. The first-order valence-electron chi connectivity index (χ1n) is 9.98. The second kappa shape index (κ2) is 7.26. The molecule has 2 aliphatic heterocycles. The van der Waals surface area contributed by atoms with E-state index in [-0.39, 0.29) is 5.60 Å². The lowest BCUT2D eigenvalue weighted by Crippen LogP contribution is -2.49. The Bertz CT molecular complexity index is 943. The van der Waals surface area contributed by atoms with Crippen molar-refractivity contribution in [1.29, 1.82) is 0 Å². The second-order valence-electron chi connectivity index (χ2n) is 7.79. The fourth-order valence-electron chi connectivity index (χ4n) is 4.58. The molecule has 4 heteroatoms. The largest absolute Gasteiger partial charge is 0.497 e. The van der Waals surface area contributed by atoms with Crippen LogP contribution in [0.15, 0.2) is 60.0 Å². The molecule has 2 aliphatic rings. The van der Waals surface area contributed by atoms with Gasteiger partial charge in [-0.2, -0.15) is 0 Å². The summed E-state index contributed by atoms with van der Waals surface area (Å²) in [5.74, 6) is 2.20. The zero-order valence-corrected chi connectivity index (χ0v) is 16.9. The summed E-state index contributed by atoms with van der Waals surface area (Å²) in [5.41, 5.74) is 3.85. The fraction of sp³-hybridized carbons (Fsp3) is 0.333. The van der Waals surface area contributed by atoms with Crippen LogP contribution < -0.4 is 14.8 Å². The Morgan fingerprint density at radius 1 is 1.07 bits per heavy atom. The average Bonchev–Trinajstić information content (AvgIpc) is 3.28. The van der Waals surface area contributed by atoms with Crippen LogP contribution in [-0.2, 0) is 0 Å². The molecule has 1 fully saturated rings. The third-order valence-corrected chi connectivity index (χ3v) is 7.05. The quantitative estimate of drug-likeness (QED) is 0.643. The number of benzene rings is 2. The highest BCUT2D eigenvalue weighted by molar-refractivity contribution is 7.13. The van der Waals surface area contributed by atoms with E-state index >= 15 is 0 Å². The Kier molecular flexibility index (Phi) is 4.61. The minimum absolute atomic E-state index is 0.0816. The molecule has 1 aromatic heterocycles. The van der Waals surface area contributed by atoms with Crippen molar-refractivity contribution in [3.05, 3.63) is 71.1 Å². The number of nitrogens with one attached hydrogen (secondary N) is 1. The minimum atomic E-state index is -0.0816. The maximum absolute atomic E-state index is 6.62. The molecule has 1 spiro atoms. The SMILES string of the molecule is COc1ccc2c(c1)OC1(CCNCC1)CC2c1ccc(-c2cccs2)cc1. The number of fused-ring (bicyclic) bond motifs is 1. The summed E-state index contributed by atoms with van der Waals surface area (Å²) in [6.07, 6.45) is 3.13. The molecule has 1 saturated heterocycles. The van der Waals surface area contributed by atoms with Crippen molar-refractivity contribution in [2.75, 3.05) is 20.2 Å². The van der Waals surface area contributed by atoms with Crippen LogP contribution in [0.25, 0.3) is 10.4 Å². The van der Waals surface area contributed by atoms with Crippen molar-refractivity contribution in [3.63, 3.8) is 0 Å². The van der Waals surface area contributed by atoms with Gasteiger partial charge in [0.1, 0.15) is 17.1 Å². The van der Waals surface area contributed by atoms with Gasteiger partial charge < -0.3 is 14.8 Å². The smallest absolute Gasteiger partial charge is 0.127 e. The van der Waals surface area contributed by atoms with Crippen LogP contribution in [-0.4, -0.2) is 25.8 Å². The highest BCUT2D eigenvalue weighted by atomic mass is 32.1. The molecule has 3 heterocycles. The number of hydrogen-bond acceptors (Lipinski definition) is 4. The molecule has 3 nitrogen and oxygen atoms in total. The van der Waals surface area contributed by atoms with Gasteiger partial charge in [-0.15, -0.1) is 11.3 Å². The number of ether oxygens (including phenoxy) is 2. The zero-order chi connectivity index (χ0) is 19.0. The second-order valence-corrected chi connectivity index (χ2v) is 8.74. The van der Waals surface area contributed by atoms with E-state index in [0.29, 0.717) is 5.92 Å². The number of hydrogen-bond donors (Lipinski definition) is 1. The lowest BCUT2D eigenvalue weighted by molar-refractivity contribution is 0.0112. The topological polar surface area (TPSA) is 30.5 Å². The number of methoxy groups -OCH3 is 1.